The summed E-state index contributed by atoms with van der Waals surface area (Å²) in [6.07, 6.45) is 2.69. The summed E-state index contributed by atoms with van der Waals surface area (Å²) in [6, 6.07) is 11.4. The van der Waals surface area contributed by atoms with E-state index >= 15 is 0 Å². The number of pyridine rings is 1. The number of amides is 1. The molecule has 3 aromatic rings. The molecule has 0 bridgehead atoms. The molecule has 1 aromatic carbocycles. The minimum Gasteiger partial charge on any atom is -0.383 e. The molecule has 1 fully saturated rings. The topological polar surface area (TPSA) is 60.2 Å². The first kappa shape index (κ1) is 18.1. The number of methoxy groups -OCH3 is 1. The molecule has 3 heterocycles. The number of nitrogens with zero attached hydrogens (tertiary/aromatic N) is 4. The SMILES string of the molecule is COCCn1c(C2CCN(C(=O)c3ccc(Br)cc3)C2)nc2cccnc21. The summed E-state index contributed by atoms with van der Waals surface area (Å²) in [7, 11) is 1.69. The molecule has 1 unspecified atom stereocenters. The van der Waals surface area contributed by atoms with Crippen LogP contribution in [0.5, 0.6) is 0 Å². The normalized spacial score (nSPS) is 17.0. The standard InChI is InChI=1S/C20H21BrN4O2/c1-27-12-11-25-18(23-17-3-2-9-22-19(17)25)15-8-10-24(13-15)20(26)14-4-6-16(21)7-5-14/h2-7,9,15H,8,10-13H2,1H3. The van der Waals surface area contributed by atoms with Gasteiger partial charge >= 0.3 is 0 Å². The predicted molar refractivity (Wildman–Crippen MR) is 107 cm³/mol. The molecule has 6 nitrogen and oxygen atoms in total. The van der Waals surface area contributed by atoms with Gasteiger partial charge in [0.2, 0.25) is 0 Å². The Labute approximate surface area is 166 Å². The highest BCUT2D eigenvalue weighted by atomic mass is 79.9. The van der Waals surface area contributed by atoms with Crippen molar-refractivity contribution in [3.63, 3.8) is 0 Å². The Morgan fingerprint density at radius 1 is 1.30 bits per heavy atom. The van der Waals surface area contributed by atoms with Crippen molar-refractivity contribution in [3.8, 4) is 0 Å². The van der Waals surface area contributed by atoms with Crippen LogP contribution in [0.4, 0.5) is 0 Å². The van der Waals surface area contributed by atoms with Crippen molar-refractivity contribution in [2.45, 2.75) is 18.9 Å². The van der Waals surface area contributed by atoms with Gasteiger partial charge in [0.25, 0.3) is 5.91 Å². The predicted octanol–water partition coefficient (Wildman–Crippen LogP) is 3.47. The van der Waals surface area contributed by atoms with E-state index in [4.69, 9.17) is 9.72 Å². The van der Waals surface area contributed by atoms with E-state index in [1.807, 2.05) is 41.3 Å². The van der Waals surface area contributed by atoms with Crippen molar-refractivity contribution in [2.24, 2.45) is 0 Å². The third-order valence-corrected chi connectivity index (χ3v) is 5.51. The summed E-state index contributed by atoms with van der Waals surface area (Å²) in [5.41, 5.74) is 2.48. The van der Waals surface area contributed by atoms with Crippen molar-refractivity contribution in [1.82, 2.24) is 19.4 Å². The number of likely N-dealkylation sites (tertiary alicyclic amines) is 1. The van der Waals surface area contributed by atoms with Gasteiger partial charge in [-0.15, -0.1) is 0 Å². The number of carbonyl (C=O) groups excluding carboxylic acids is 1. The molecule has 1 atom stereocenters. The van der Waals surface area contributed by atoms with Gasteiger partial charge in [-0.25, -0.2) is 9.97 Å². The Kier molecular flexibility index (Phi) is 5.22. The molecule has 0 spiro atoms. The van der Waals surface area contributed by atoms with Crippen LogP contribution in [0.3, 0.4) is 0 Å². The monoisotopic (exact) mass is 428 g/mol. The van der Waals surface area contributed by atoms with E-state index in [2.05, 4.69) is 25.5 Å². The number of fused-ring (bicyclic) bond motifs is 1. The average molecular weight is 429 g/mol. The van der Waals surface area contributed by atoms with Gasteiger partial charge in [-0.1, -0.05) is 15.9 Å². The highest BCUT2D eigenvalue weighted by Gasteiger charge is 2.31. The van der Waals surface area contributed by atoms with Crippen LogP contribution in [-0.2, 0) is 11.3 Å². The highest BCUT2D eigenvalue weighted by Crippen LogP contribution is 2.30. The van der Waals surface area contributed by atoms with Crippen LogP contribution in [0.15, 0.2) is 47.1 Å². The third-order valence-electron chi connectivity index (χ3n) is 4.98. The lowest BCUT2D eigenvalue weighted by molar-refractivity contribution is 0.0790. The van der Waals surface area contributed by atoms with E-state index < -0.39 is 0 Å². The maximum Gasteiger partial charge on any atom is 0.253 e. The molecule has 0 saturated carbocycles. The second-order valence-electron chi connectivity index (χ2n) is 6.70. The summed E-state index contributed by atoms with van der Waals surface area (Å²) >= 11 is 3.41. The molecule has 1 amide bonds. The maximum absolute atomic E-state index is 12.8. The minimum atomic E-state index is 0.0719. The third kappa shape index (κ3) is 3.61. The fraction of sp³-hybridized carbons (Fsp3) is 0.350. The second kappa shape index (κ2) is 7.78. The van der Waals surface area contributed by atoms with Gasteiger partial charge in [0.1, 0.15) is 11.3 Å². The largest absolute Gasteiger partial charge is 0.383 e. The Morgan fingerprint density at radius 3 is 2.89 bits per heavy atom. The van der Waals surface area contributed by atoms with Crippen LogP contribution >= 0.6 is 15.9 Å². The fourth-order valence-electron chi connectivity index (χ4n) is 3.62. The molecular formula is C20H21BrN4O2. The van der Waals surface area contributed by atoms with E-state index in [1.165, 1.54) is 0 Å². The number of halogens is 1. The summed E-state index contributed by atoms with van der Waals surface area (Å²) in [5, 5.41) is 0. The van der Waals surface area contributed by atoms with Gasteiger partial charge in [0.05, 0.1) is 6.61 Å². The quantitative estimate of drug-likeness (QED) is 0.623. The van der Waals surface area contributed by atoms with Crippen molar-refractivity contribution in [1.29, 1.82) is 0 Å². The van der Waals surface area contributed by atoms with Crippen LogP contribution in [0.1, 0.15) is 28.5 Å². The molecule has 0 radical (unpaired) electrons. The zero-order chi connectivity index (χ0) is 18.8. The van der Waals surface area contributed by atoms with Crippen LogP contribution in [-0.4, -0.2) is 52.1 Å². The molecular weight excluding hydrogens is 408 g/mol. The van der Waals surface area contributed by atoms with Gasteiger partial charge in [0, 0.05) is 48.9 Å². The molecule has 7 heteroatoms. The number of benzene rings is 1. The zero-order valence-corrected chi connectivity index (χ0v) is 16.7. The van der Waals surface area contributed by atoms with Crippen molar-refractivity contribution >= 4 is 33.0 Å². The molecule has 1 aliphatic rings. The molecule has 2 aromatic heterocycles. The minimum absolute atomic E-state index is 0.0719. The van der Waals surface area contributed by atoms with E-state index in [-0.39, 0.29) is 11.8 Å². The maximum atomic E-state index is 12.8. The first-order valence-corrected chi connectivity index (χ1v) is 9.81. The summed E-state index contributed by atoms with van der Waals surface area (Å²) in [6.45, 7) is 2.71. The number of hydrogen-bond acceptors (Lipinski definition) is 4. The van der Waals surface area contributed by atoms with E-state index in [0.29, 0.717) is 25.3 Å². The zero-order valence-electron chi connectivity index (χ0n) is 15.1. The lowest BCUT2D eigenvalue weighted by atomic mass is 10.1. The number of hydrogen-bond donors (Lipinski definition) is 0. The number of ether oxygens (including phenoxy) is 1. The smallest absolute Gasteiger partial charge is 0.253 e. The Bertz CT molecular complexity index is 954. The van der Waals surface area contributed by atoms with Gasteiger partial charge in [0.15, 0.2) is 5.65 Å². The molecule has 1 saturated heterocycles. The lowest BCUT2D eigenvalue weighted by Crippen LogP contribution is -2.28. The first-order valence-electron chi connectivity index (χ1n) is 9.02. The Balaban J connectivity index is 1.58. The summed E-state index contributed by atoms with van der Waals surface area (Å²) in [5.74, 6) is 1.27. The highest BCUT2D eigenvalue weighted by molar-refractivity contribution is 9.10. The summed E-state index contributed by atoms with van der Waals surface area (Å²) < 4.78 is 8.37. The average Bonchev–Trinajstić information content (AvgIpc) is 3.31. The number of imidazole rings is 1. The van der Waals surface area contributed by atoms with Crippen molar-refractivity contribution < 1.29 is 9.53 Å². The van der Waals surface area contributed by atoms with E-state index in [1.54, 1.807) is 13.3 Å². The molecule has 140 valence electrons. The van der Waals surface area contributed by atoms with Crippen LogP contribution in [0, 0.1) is 0 Å². The van der Waals surface area contributed by atoms with E-state index in [0.717, 1.165) is 34.4 Å². The van der Waals surface area contributed by atoms with Gasteiger partial charge in [-0.3, -0.25) is 4.79 Å². The summed E-state index contributed by atoms with van der Waals surface area (Å²) in [4.78, 5) is 24.1. The van der Waals surface area contributed by atoms with Crippen molar-refractivity contribution in [2.75, 3.05) is 26.8 Å². The van der Waals surface area contributed by atoms with Crippen LogP contribution in [0.2, 0.25) is 0 Å². The van der Waals surface area contributed by atoms with E-state index in [9.17, 15) is 4.79 Å². The number of carbonyl (C=O) groups is 1. The molecule has 0 aliphatic carbocycles. The Hall–Kier alpha value is -2.25. The number of aromatic nitrogens is 3. The van der Waals surface area contributed by atoms with Gasteiger partial charge < -0.3 is 14.2 Å². The molecule has 0 N–H and O–H groups in total. The molecule has 1 aliphatic heterocycles. The first-order chi connectivity index (χ1) is 13.2. The number of rotatable bonds is 5. The van der Waals surface area contributed by atoms with Gasteiger partial charge in [-0.2, -0.15) is 0 Å². The van der Waals surface area contributed by atoms with Crippen LogP contribution < -0.4 is 0 Å². The lowest BCUT2D eigenvalue weighted by Gasteiger charge is -2.17. The van der Waals surface area contributed by atoms with Crippen molar-refractivity contribution in [3.05, 3.63) is 58.5 Å². The van der Waals surface area contributed by atoms with Gasteiger partial charge in [-0.05, 0) is 42.8 Å². The molecule has 27 heavy (non-hydrogen) atoms. The Morgan fingerprint density at radius 2 is 2.11 bits per heavy atom. The van der Waals surface area contributed by atoms with Crippen LogP contribution in [0.25, 0.3) is 11.2 Å². The molecule has 4 rings (SSSR count). The second-order valence-corrected chi connectivity index (χ2v) is 7.62. The fourth-order valence-corrected chi connectivity index (χ4v) is 3.89.